The Morgan fingerprint density at radius 1 is 1.05 bits per heavy atom. The first-order valence-corrected chi connectivity index (χ1v) is 6.03. The molecule has 2 atom stereocenters. The average molecular weight is 275 g/mol. The predicted octanol–water partition coefficient (Wildman–Crippen LogP) is 3.77. The van der Waals surface area contributed by atoms with Gasteiger partial charge in [-0.05, 0) is 23.1 Å². The minimum Gasteiger partial charge on any atom is -0.379 e. The summed E-state index contributed by atoms with van der Waals surface area (Å²) in [5.74, 6) is 0. The van der Waals surface area contributed by atoms with Crippen molar-refractivity contribution in [2.24, 2.45) is 11.1 Å². The molecule has 0 fully saturated rings. The first kappa shape index (κ1) is 16.0. The molecule has 2 N–H and O–H groups in total. The molecule has 0 aliphatic rings. The van der Waals surface area contributed by atoms with E-state index >= 15 is 0 Å². The summed E-state index contributed by atoms with van der Waals surface area (Å²) in [6.45, 7) is 5.93. The van der Waals surface area contributed by atoms with Crippen molar-refractivity contribution >= 4 is 0 Å². The number of benzene rings is 1. The Labute approximate surface area is 111 Å². The Balaban J connectivity index is 2.98. The third kappa shape index (κ3) is 3.94. The lowest BCUT2D eigenvalue weighted by atomic mass is 9.82. The van der Waals surface area contributed by atoms with Gasteiger partial charge in [0, 0.05) is 7.11 Å². The van der Waals surface area contributed by atoms with Crippen molar-refractivity contribution in [1.82, 2.24) is 0 Å². The van der Waals surface area contributed by atoms with Crippen LogP contribution >= 0.6 is 0 Å². The Morgan fingerprint density at radius 2 is 1.53 bits per heavy atom. The van der Waals surface area contributed by atoms with Crippen LogP contribution in [0.2, 0.25) is 0 Å². The van der Waals surface area contributed by atoms with Gasteiger partial charge in [0.05, 0.1) is 17.7 Å². The fraction of sp³-hybridized carbons (Fsp3) is 0.571. The fourth-order valence-electron chi connectivity index (χ4n) is 2.11. The summed E-state index contributed by atoms with van der Waals surface area (Å²) in [6, 6.07) is 4.44. The van der Waals surface area contributed by atoms with Gasteiger partial charge in [0.25, 0.3) is 0 Å². The van der Waals surface area contributed by atoms with Crippen molar-refractivity contribution < 1.29 is 17.9 Å². The van der Waals surface area contributed by atoms with E-state index in [4.69, 9.17) is 10.5 Å². The zero-order valence-electron chi connectivity index (χ0n) is 11.6. The fourth-order valence-corrected chi connectivity index (χ4v) is 2.11. The van der Waals surface area contributed by atoms with Gasteiger partial charge in [0.1, 0.15) is 0 Å². The second-order valence-electron chi connectivity index (χ2n) is 5.67. The minimum atomic E-state index is -4.33. The number of alkyl halides is 3. The molecule has 0 bridgehead atoms. The Morgan fingerprint density at radius 3 is 1.84 bits per heavy atom. The molecule has 1 aromatic rings. The molecule has 0 spiro atoms. The van der Waals surface area contributed by atoms with Crippen LogP contribution < -0.4 is 5.73 Å². The van der Waals surface area contributed by atoms with Crippen molar-refractivity contribution in [3.05, 3.63) is 35.4 Å². The standard InChI is InChI=1S/C14H20F3NO/c1-13(2,3)12(19-4)11(18)9-5-7-10(8-6-9)14(15,16)17/h5-8,11-12H,18H2,1-4H3. The molecule has 1 aromatic carbocycles. The van der Waals surface area contributed by atoms with Crippen LogP contribution in [0.3, 0.4) is 0 Å². The monoisotopic (exact) mass is 275 g/mol. The average Bonchev–Trinajstić information content (AvgIpc) is 2.27. The second kappa shape index (κ2) is 5.51. The highest BCUT2D eigenvalue weighted by Gasteiger charge is 2.33. The van der Waals surface area contributed by atoms with E-state index < -0.39 is 17.8 Å². The van der Waals surface area contributed by atoms with Gasteiger partial charge in [0.2, 0.25) is 0 Å². The molecule has 0 amide bonds. The smallest absolute Gasteiger partial charge is 0.379 e. The molecule has 0 saturated carbocycles. The lowest BCUT2D eigenvalue weighted by Crippen LogP contribution is -2.38. The van der Waals surface area contributed by atoms with E-state index in [1.165, 1.54) is 12.1 Å². The van der Waals surface area contributed by atoms with Crippen LogP contribution in [-0.2, 0) is 10.9 Å². The van der Waals surface area contributed by atoms with Crippen molar-refractivity contribution in [2.45, 2.75) is 39.1 Å². The third-order valence-corrected chi connectivity index (χ3v) is 3.06. The summed E-state index contributed by atoms with van der Waals surface area (Å²) in [5.41, 5.74) is 5.85. The molecule has 19 heavy (non-hydrogen) atoms. The van der Waals surface area contributed by atoms with E-state index in [0.29, 0.717) is 5.56 Å². The highest BCUT2D eigenvalue weighted by Crippen LogP contribution is 2.33. The van der Waals surface area contributed by atoms with E-state index in [9.17, 15) is 13.2 Å². The van der Waals surface area contributed by atoms with Crippen molar-refractivity contribution in [1.29, 1.82) is 0 Å². The third-order valence-electron chi connectivity index (χ3n) is 3.06. The first-order chi connectivity index (χ1) is 8.57. The Kier molecular flexibility index (Phi) is 4.63. The van der Waals surface area contributed by atoms with Crippen LogP contribution in [0.25, 0.3) is 0 Å². The molecule has 0 heterocycles. The number of hydrogen-bond acceptors (Lipinski definition) is 2. The number of ether oxygens (including phenoxy) is 1. The summed E-state index contributed by atoms with van der Waals surface area (Å²) < 4.78 is 42.8. The van der Waals surface area contributed by atoms with E-state index in [-0.39, 0.29) is 11.5 Å². The Hall–Kier alpha value is -1.07. The summed E-state index contributed by atoms with van der Waals surface area (Å²) in [5, 5.41) is 0. The summed E-state index contributed by atoms with van der Waals surface area (Å²) in [7, 11) is 1.56. The number of methoxy groups -OCH3 is 1. The van der Waals surface area contributed by atoms with Crippen LogP contribution in [0.4, 0.5) is 13.2 Å². The summed E-state index contributed by atoms with van der Waals surface area (Å²) in [6.07, 6.45) is -4.60. The van der Waals surface area contributed by atoms with Crippen LogP contribution in [0.1, 0.15) is 37.9 Å². The van der Waals surface area contributed by atoms with E-state index in [1.807, 2.05) is 20.8 Å². The van der Waals surface area contributed by atoms with Gasteiger partial charge in [0.15, 0.2) is 0 Å². The molecular formula is C14H20F3NO. The number of rotatable bonds is 3. The zero-order valence-corrected chi connectivity index (χ0v) is 11.6. The molecule has 0 aliphatic carbocycles. The molecule has 2 unspecified atom stereocenters. The predicted molar refractivity (Wildman–Crippen MR) is 68.6 cm³/mol. The molecular weight excluding hydrogens is 255 g/mol. The largest absolute Gasteiger partial charge is 0.416 e. The quantitative estimate of drug-likeness (QED) is 0.911. The Bertz CT molecular complexity index is 406. The molecule has 0 saturated heterocycles. The van der Waals surface area contributed by atoms with Crippen molar-refractivity contribution in [2.75, 3.05) is 7.11 Å². The molecule has 0 aromatic heterocycles. The minimum absolute atomic E-state index is 0.198. The summed E-state index contributed by atoms with van der Waals surface area (Å²) >= 11 is 0. The highest BCUT2D eigenvalue weighted by molar-refractivity contribution is 5.27. The van der Waals surface area contributed by atoms with Crippen LogP contribution in [0.15, 0.2) is 24.3 Å². The SMILES string of the molecule is COC(C(N)c1ccc(C(F)(F)F)cc1)C(C)(C)C. The number of hydrogen-bond donors (Lipinski definition) is 1. The molecule has 0 aliphatic heterocycles. The van der Waals surface area contributed by atoms with Gasteiger partial charge in [-0.3, -0.25) is 0 Å². The number of halogens is 3. The van der Waals surface area contributed by atoms with E-state index in [1.54, 1.807) is 7.11 Å². The van der Waals surface area contributed by atoms with Gasteiger partial charge in [-0.15, -0.1) is 0 Å². The van der Waals surface area contributed by atoms with E-state index in [2.05, 4.69) is 0 Å². The molecule has 1 rings (SSSR count). The zero-order chi connectivity index (χ0) is 14.8. The van der Waals surface area contributed by atoms with Crippen molar-refractivity contribution in [3.8, 4) is 0 Å². The first-order valence-electron chi connectivity index (χ1n) is 6.03. The lowest BCUT2D eigenvalue weighted by Gasteiger charge is -2.34. The maximum absolute atomic E-state index is 12.5. The van der Waals surface area contributed by atoms with Gasteiger partial charge in [-0.1, -0.05) is 32.9 Å². The maximum atomic E-state index is 12.5. The second-order valence-corrected chi connectivity index (χ2v) is 5.67. The van der Waals surface area contributed by atoms with Crippen LogP contribution in [-0.4, -0.2) is 13.2 Å². The van der Waals surface area contributed by atoms with Gasteiger partial charge in [-0.25, -0.2) is 0 Å². The van der Waals surface area contributed by atoms with E-state index in [0.717, 1.165) is 12.1 Å². The van der Waals surface area contributed by atoms with Gasteiger partial charge < -0.3 is 10.5 Å². The lowest BCUT2D eigenvalue weighted by molar-refractivity contribution is -0.137. The van der Waals surface area contributed by atoms with Gasteiger partial charge in [-0.2, -0.15) is 13.2 Å². The topological polar surface area (TPSA) is 35.2 Å². The van der Waals surface area contributed by atoms with Crippen LogP contribution in [0.5, 0.6) is 0 Å². The summed E-state index contributed by atoms with van der Waals surface area (Å²) in [4.78, 5) is 0. The maximum Gasteiger partial charge on any atom is 0.416 e. The van der Waals surface area contributed by atoms with Gasteiger partial charge >= 0.3 is 6.18 Å². The molecule has 108 valence electrons. The molecule has 5 heteroatoms. The van der Waals surface area contributed by atoms with Crippen molar-refractivity contribution in [3.63, 3.8) is 0 Å². The van der Waals surface area contributed by atoms with Crippen LogP contribution in [0, 0.1) is 5.41 Å². The molecule has 0 radical (unpaired) electrons. The number of nitrogens with two attached hydrogens (primary N) is 1. The normalized spacial score (nSPS) is 16.2. The highest BCUT2D eigenvalue weighted by atomic mass is 19.4. The molecule has 2 nitrogen and oxygen atoms in total.